The summed E-state index contributed by atoms with van der Waals surface area (Å²) in [5.41, 5.74) is 3.70. The fraction of sp³-hybridized carbons (Fsp3) is 0.333. The van der Waals surface area contributed by atoms with Crippen LogP contribution in [0.2, 0.25) is 0 Å². The van der Waals surface area contributed by atoms with Crippen molar-refractivity contribution < 1.29 is 4.79 Å². The molecule has 0 saturated heterocycles. The van der Waals surface area contributed by atoms with Gasteiger partial charge in [0, 0.05) is 26.0 Å². The molecule has 1 amide bonds. The first-order valence-electron chi connectivity index (χ1n) is 7.11. The van der Waals surface area contributed by atoms with Crippen molar-refractivity contribution in [2.75, 3.05) is 0 Å². The van der Waals surface area contributed by atoms with Gasteiger partial charge in [0.15, 0.2) is 0 Å². The van der Waals surface area contributed by atoms with Gasteiger partial charge in [-0.25, -0.2) is 4.68 Å². The molecule has 0 saturated carbocycles. The van der Waals surface area contributed by atoms with E-state index in [1.807, 2.05) is 33.0 Å². The van der Waals surface area contributed by atoms with Crippen LogP contribution in [0.3, 0.4) is 0 Å². The summed E-state index contributed by atoms with van der Waals surface area (Å²) >= 11 is 0. The van der Waals surface area contributed by atoms with Crippen LogP contribution < -0.4 is 5.32 Å². The molecule has 0 bridgehead atoms. The van der Waals surface area contributed by atoms with Crippen molar-refractivity contribution in [1.82, 2.24) is 29.9 Å². The van der Waals surface area contributed by atoms with Gasteiger partial charge in [0.05, 0.1) is 11.9 Å². The number of carbonyl (C=O) groups is 1. The van der Waals surface area contributed by atoms with Crippen LogP contribution in [0, 0.1) is 6.92 Å². The van der Waals surface area contributed by atoms with Crippen LogP contribution in [-0.2, 0) is 18.4 Å². The van der Waals surface area contributed by atoms with Crippen molar-refractivity contribution in [3.05, 3.63) is 42.0 Å². The molecule has 3 aromatic heterocycles. The zero-order valence-electron chi connectivity index (χ0n) is 12.8. The molecule has 7 heteroatoms. The average Bonchev–Trinajstić information content (AvgIpc) is 3.08. The highest BCUT2D eigenvalue weighted by Gasteiger charge is 2.20. The van der Waals surface area contributed by atoms with Gasteiger partial charge in [-0.1, -0.05) is 0 Å². The first-order chi connectivity index (χ1) is 10.6. The van der Waals surface area contributed by atoms with E-state index in [9.17, 15) is 4.79 Å². The Labute approximate surface area is 128 Å². The maximum Gasteiger partial charge on any atom is 0.244 e. The van der Waals surface area contributed by atoms with Gasteiger partial charge in [-0.3, -0.25) is 14.5 Å². The van der Waals surface area contributed by atoms with Crippen molar-refractivity contribution >= 4 is 16.9 Å². The molecule has 0 aliphatic rings. The summed E-state index contributed by atoms with van der Waals surface area (Å²) in [6.45, 7) is 4.23. The van der Waals surface area contributed by atoms with E-state index in [2.05, 4.69) is 20.5 Å². The SMILES string of the molecule is Cc1nn(C)c2cnn(C(C)C(=O)NCc3ccncc3)c12. The summed E-state index contributed by atoms with van der Waals surface area (Å²) in [5, 5.41) is 11.6. The van der Waals surface area contributed by atoms with Crippen molar-refractivity contribution in [3.8, 4) is 0 Å². The molecule has 0 aromatic carbocycles. The van der Waals surface area contributed by atoms with Crippen molar-refractivity contribution in [2.45, 2.75) is 26.4 Å². The summed E-state index contributed by atoms with van der Waals surface area (Å²) in [6, 6.07) is 3.35. The smallest absolute Gasteiger partial charge is 0.244 e. The summed E-state index contributed by atoms with van der Waals surface area (Å²) in [7, 11) is 1.87. The molecule has 3 aromatic rings. The number of aromatic nitrogens is 5. The number of pyridine rings is 1. The van der Waals surface area contributed by atoms with Crippen molar-refractivity contribution in [1.29, 1.82) is 0 Å². The molecule has 3 heterocycles. The van der Waals surface area contributed by atoms with Crippen LogP contribution in [-0.4, -0.2) is 30.5 Å². The van der Waals surface area contributed by atoms with Gasteiger partial charge in [0.2, 0.25) is 5.91 Å². The fourth-order valence-electron chi connectivity index (χ4n) is 2.51. The first-order valence-corrected chi connectivity index (χ1v) is 7.11. The zero-order chi connectivity index (χ0) is 15.7. The quantitative estimate of drug-likeness (QED) is 0.788. The third-order valence-electron chi connectivity index (χ3n) is 3.73. The second-order valence-corrected chi connectivity index (χ2v) is 5.28. The summed E-state index contributed by atoms with van der Waals surface area (Å²) in [6.07, 6.45) is 5.16. The standard InChI is InChI=1S/C15H18N6O/c1-10-14-13(20(3)19-10)9-18-21(14)11(2)15(22)17-8-12-4-6-16-7-5-12/h4-7,9,11H,8H2,1-3H3,(H,17,22). The van der Waals surface area contributed by atoms with E-state index in [1.54, 1.807) is 28.0 Å². The molecular formula is C15H18N6O. The predicted molar refractivity (Wildman–Crippen MR) is 82.0 cm³/mol. The van der Waals surface area contributed by atoms with E-state index in [4.69, 9.17) is 0 Å². The zero-order valence-corrected chi connectivity index (χ0v) is 12.8. The van der Waals surface area contributed by atoms with Crippen LogP contribution in [0.1, 0.15) is 24.2 Å². The van der Waals surface area contributed by atoms with E-state index in [1.165, 1.54) is 0 Å². The van der Waals surface area contributed by atoms with Crippen LogP contribution >= 0.6 is 0 Å². The molecule has 0 aliphatic carbocycles. The van der Waals surface area contributed by atoms with Gasteiger partial charge >= 0.3 is 0 Å². The molecule has 7 nitrogen and oxygen atoms in total. The molecular weight excluding hydrogens is 280 g/mol. The molecule has 0 fully saturated rings. The first kappa shape index (κ1) is 14.2. The van der Waals surface area contributed by atoms with Gasteiger partial charge in [-0.15, -0.1) is 0 Å². The number of nitrogens with zero attached hydrogens (tertiary/aromatic N) is 5. The maximum atomic E-state index is 12.4. The Morgan fingerprint density at radius 3 is 2.82 bits per heavy atom. The number of amides is 1. The minimum atomic E-state index is -0.401. The average molecular weight is 298 g/mol. The van der Waals surface area contributed by atoms with Gasteiger partial charge in [0.25, 0.3) is 0 Å². The van der Waals surface area contributed by atoms with Gasteiger partial charge < -0.3 is 5.32 Å². The van der Waals surface area contributed by atoms with Crippen molar-refractivity contribution in [2.24, 2.45) is 7.05 Å². The lowest BCUT2D eigenvalue weighted by atomic mass is 10.2. The molecule has 1 unspecified atom stereocenters. The molecule has 0 radical (unpaired) electrons. The highest BCUT2D eigenvalue weighted by atomic mass is 16.2. The van der Waals surface area contributed by atoms with Gasteiger partial charge in [-0.05, 0) is 31.5 Å². The summed E-state index contributed by atoms with van der Waals surface area (Å²) < 4.78 is 3.50. The van der Waals surface area contributed by atoms with E-state index in [0.29, 0.717) is 6.54 Å². The Hall–Kier alpha value is -2.70. The van der Waals surface area contributed by atoms with Crippen molar-refractivity contribution in [3.63, 3.8) is 0 Å². The molecule has 0 aliphatic heterocycles. The van der Waals surface area contributed by atoms with E-state index < -0.39 is 6.04 Å². The van der Waals surface area contributed by atoms with E-state index in [0.717, 1.165) is 22.3 Å². The molecule has 1 atom stereocenters. The number of rotatable bonds is 4. The lowest BCUT2D eigenvalue weighted by Gasteiger charge is -2.13. The maximum absolute atomic E-state index is 12.4. The van der Waals surface area contributed by atoms with Crippen LogP contribution in [0.15, 0.2) is 30.7 Å². The fourth-order valence-corrected chi connectivity index (χ4v) is 2.51. The Balaban J connectivity index is 1.77. The largest absolute Gasteiger partial charge is 0.350 e. The monoisotopic (exact) mass is 298 g/mol. The highest BCUT2D eigenvalue weighted by molar-refractivity contribution is 5.84. The number of aryl methyl sites for hydroxylation is 2. The molecule has 0 spiro atoms. The minimum Gasteiger partial charge on any atom is -0.350 e. The van der Waals surface area contributed by atoms with Crippen LogP contribution in [0.25, 0.3) is 11.0 Å². The number of hydrogen-bond acceptors (Lipinski definition) is 4. The third-order valence-corrected chi connectivity index (χ3v) is 3.73. The Bertz CT molecular complexity index is 804. The topological polar surface area (TPSA) is 77.6 Å². The van der Waals surface area contributed by atoms with E-state index >= 15 is 0 Å². The number of carbonyl (C=O) groups excluding carboxylic acids is 1. The predicted octanol–water partition coefficient (Wildman–Crippen LogP) is 1.35. The summed E-state index contributed by atoms with van der Waals surface area (Å²) in [5.74, 6) is -0.0786. The Kier molecular flexibility index (Phi) is 3.62. The number of nitrogens with one attached hydrogen (secondary N) is 1. The second kappa shape index (κ2) is 5.59. The Morgan fingerprint density at radius 1 is 1.36 bits per heavy atom. The third kappa shape index (κ3) is 2.45. The molecule has 114 valence electrons. The lowest BCUT2D eigenvalue weighted by Crippen LogP contribution is -2.31. The molecule has 3 rings (SSSR count). The summed E-state index contributed by atoms with van der Waals surface area (Å²) in [4.78, 5) is 16.3. The van der Waals surface area contributed by atoms with Gasteiger partial charge in [0.1, 0.15) is 17.1 Å². The Morgan fingerprint density at radius 2 is 2.09 bits per heavy atom. The molecule has 22 heavy (non-hydrogen) atoms. The number of hydrogen-bond donors (Lipinski definition) is 1. The normalized spacial score (nSPS) is 12.5. The highest BCUT2D eigenvalue weighted by Crippen LogP contribution is 2.20. The minimum absolute atomic E-state index is 0.0786. The number of fused-ring (bicyclic) bond motifs is 1. The lowest BCUT2D eigenvalue weighted by molar-refractivity contribution is -0.124. The van der Waals surface area contributed by atoms with E-state index in [-0.39, 0.29) is 5.91 Å². The van der Waals surface area contributed by atoms with Crippen LogP contribution in [0.4, 0.5) is 0 Å². The van der Waals surface area contributed by atoms with Gasteiger partial charge in [-0.2, -0.15) is 10.2 Å². The molecule has 1 N–H and O–H groups in total. The second-order valence-electron chi connectivity index (χ2n) is 5.28. The van der Waals surface area contributed by atoms with Crippen LogP contribution in [0.5, 0.6) is 0 Å².